The van der Waals surface area contributed by atoms with Gasteiger partial charge in [-0.2, -0.15) is 9.36 Å². The van der Waals surface area contributed by atoms with E-state index in [0.717, 1.165) is 15.4 Å². The topological polar surface area (TPSA) is 61.9 Å². The van der Waals surface area contributed by atoms with E-state index in [2.05, 4.69) is 16.3 Å². The summed E-state index contributed by atoms with van der Waals surface area (Å²) >= 11 is 5.86. The van der Waals surface area contributed by atoms with Crippen LogP contribution in [0.5, 0.6) is 5.75 Å². The van der Waals surface area contributed by atoms with Crippen LogP contribution < -0.4 is 10.4 Å². The van der Waals surface area contributed by atoms with Gasteiger partial charge in [-0.25, -0.2) is 9.18 Å². The van der Waals surface area contributed by atoms with Crippen LogP contribution in [0, 0.1) is 18.2 Å². The van der Waals surface area contributed by atoms with Crippen molar-refractivity contribution in [1.29, 1.82) is 0 Å². The summed E-state index contributed by atoms with van der Waals surface area (Å²) in [5.41, 5.74) is -0.639. The molecule has 0 fully saturated rings. The number of tetrazole rings is 1. The van der Waals surface area contributed by atoms with E-state index in [9.17, 15) is 9.18 Å². The lowest BCUT2D eigenvalue weighted by molar-refractivity contribution is 0.369. The Morgan fingerprint density at radius 1 is 1.48 bits per heavy atom. The molecule has 6 nitrogen and oxygen atoms in total. The molecule has 0 aliphatic carbocycles. The highest BCUT2D eigenvalue weighted by molar-refractivity contribution is 6.32. The van der Waals surface area contributed by atoms with Gasteiger partial charge >= 0.3 is 5.69 Å². The van der Waals surface area contributed by atoms with Crippen molar-refractivity contribution in [2.45, 2.75) is 19.9 Å². The Morgan fingerprint density at radius 2 is 2.24 bits per heavy atom. The SMILES string of the molecule is C#CCOc1cc(-n2nnn(CCC)c2=O)c(F)cc1Cl. The maximum Gasteiger partial charge on any atom is 0.368 e. The summed E-state index contributed by atoms with van der Waals surface area (Å²) in [7, 11) is 0. The lowest BCUT2D eigenvalue weighted by atomic mass is 10.3. The molecule has 1 aromatic heterocycles. The van der Waals surface area contributed by atoms with Gasteiger partial charge in [0, 0.05) is 12.6 Å². The van der Waals surface area contributed by atoms with Crippen LogP contribution in [0.4, 0.5) is 4.39 Å². The zero-order chi connectivity index (χ0) is 15.4. The van der Waals surface area contributed by atoms with Gasteiger partial charge in [0.1, 0.15) is 18.0 Å². The predicted molar refractivity (Wildman–Crippen MR) is 75.2 cm³/mol. The van der Waals surface area contributed by atoms with E-state index in [4.69, 9.17) is 22.8 Å². The zero-order valence-electron chi connectivity index (χ0n) is 11.2. The first kappa shape index (κ1) is 15.1. The Morgan fingerprint density at radius 3 is 2.90 bits per heavy atom. The molecule has 1 aromatic carbocycles. The molecule has 0 aliphatic rings. The molecule has 0 saturated heterocycles. The molecule has 0 atom stereocenters. The number of ether oxygens (including phenoxy) is 1. The van der Waals surface area contributed by atoms with Crippen LogP contribution in [0.15, 0.2) is 16.9 Å². The number of halogens is 2. The van der Waals surface area contributed by atoms with Crippen LogP contribution in [-0.4, -0.2) is 26.4 Å². The molecule has 0 aliphatic heterocycles. The van der Waals surface area contributed by atoms with Gasteiger partial charge in [0.15, 0.2) is 5.82 Å². The molecule has 110 valence electrons. The lowest BCUT2D eigenvalue weighted by Crippen LogP contribution is -2.24. The minimum Gasteiger partial charge on any atom is -0.479 e. The predicted octanol–water partition coefficient (Wildman–Crippen LogP) is 1.64. The standard InChI is InChI=1S/C13H12ClFN4O2/c1-3-5-18-13(20)19(17-16-18)11-8-12(21-6-4-2)9(14)7-10(11)15/h2,7-8H,3,5-6H2,1H3. The second-order valence-corrected chi connectivity index (χ2v) is 4.53. The summed E-state index contributed by atoms with van der Waals surface area (Å²) in [5.74, 6) is 1.73. The number of benzene rings is 1. The van der Waals surface area contributed by atoms with E-state index in [-0.39, 0.29) is 23.1 Å². The molecule has 0 N–H and O–H groups in total. The summed E-state index contributed by atoms with van der Waals surface area (Å²) in [5, 5.41) is 7.39. The average molecular weight is 311 g/mol. The first-order valence-electron chi connectivity index (χ1n) is 6.17. The van der Waals surface area contributed by atoms with Crippen molar-refractivity contribution in [3.05, 3.63) is 33.5 Å². The van der Waals surface area contributed by atoms with E-state index in [0.29, 0.717) is 13.0 Å². The van der Waals surface area contributed by atoms with Gasteiger partial charge in [0.05, 0.1) is 5.02 Å². The summed E-state index contributed by atoms with van der Waals surface area (Å²) in [6, 6.07) is 2.30. The number of rotatable bonds is 5. The van der Waals surface area contributed by atoms with Gasteiger partial charge in [-0.1, -0.05) is 24.4 Å². The van der Waals surface area contributed by atoms with Gasteiger partial charge in [0.25, 0.3) is 0 Å². The molecule has 2 rings (SSSR count). The number of hydrogen-bond donors (Lipinski definition) is 0. The molecular formula is C13H12ClFN4O2. The fourth-order valence-corrected chi connectivity index (χ4v) is 1.89. The van der Waals surface area contributed by atoms with Gasteiger partial charge in [-0.15, -0.1) is 6.42 Å². The van der Waals surface area contributed by atoms with Crippen LogP contribution in [0.3, 0.4) is 0 Å². The molecule has 2 aromatic rings. The van der Waals surface area contributed by atoms with E-state index in [1.54, 1.807) is 0 Å². The van der Waals surface area contributed by atoms with E-state index >= 15 is 0 Å². The molecule has 8 heteroatoms. The van der Waals surface area contributed by atoms with Gasteiger partial charge < -0.3 is 4.74 Å². The van der Waals surface area contributed by atoms with Crippen LogP contribution in [0.1, 0.15) is 13.3 Å². The van der Waals surface area contributed by atoms with E-state index < -0.39 is 11.5 Å². The Bertz CT molecular complexity index is 748. The van der Waals surface area contributed by atoms with Crippen molar-refractivity contribution in [2.24, 2.45) is 0 Å². The van der Waals surface area contributed by atoms with Crippen LogP contribution >= 0.6 is 11.6 Å². The molecule has 0 unspecified atom stereocenters. The second-order valence-electron chi connectivity index (χ2n) is 4.12. The zero-order valence-corrected chi connectivity index (χ0v) is 12.0. The molecule has 0 amide bonds. The Balaban J connectivity index is 2.49. The molecule has 0 spiro atoms. The number of hydrogen-bond acceptors (Lipinski definition) is 4. The monoisotopic (exact) mass is 310 g/mol. The van der Waals surface area contributed by atoms with Crippen LogP contribution in [0.2, 0.25) is 5.02 Å². The van der Waals surface area contributed by atoms with Crippen molar-refractivity contribution in [3.8, 4) is 23.8 Å². The average Bonchev–Trinajstić information content (AvgIpc) is 2.80. The van der Waals surface area contributed by atoms with Gasteiger partial charge in [0.2, 0.25) is 0 Å². The third kappa shape index (κ3) is 3.06. The Labute approximate surface area is 125 Å². The molecular weight excluding hydrogens is 299 g/mol. The molecule has 1 heterocycles. The number of aryl methyl sites for hydroxylation is 1. The fourth-order valence-electron chi connectivity index (χ4n) is 1.69. The maximum atomic E-state index is 14.0. The summed E-state index contributed by atoms with van der Waals surface area (Å²) in [6.07, 6.45) is 5.80. The van der Waals surface area contributed by atoms with E-state index in [1.165, 1.54) is 6.07 Å². The number of aromatic nitrogens is 4. The molecule has 0 radical (unpaired) electrons. The molecule has 21 heavy (non-hydrogen) atoms. The highest BCUT2D eigenvalue weighted by Gasteiger charge is 2.16. The van der Waals surface area contributed by atoms with Gasteiger partial charge in [-0.05, 0) is 22.9 Å². The normalized spacial score (nSPS) is 10.4. The fraction of sp³-hybridized carbons (Fsp3) is 0.308. The summed E-state index contributed by atoms with van der Waals surface area (Å²) < 4.78 is 21.2. The molecule has 0 saturated carbocycles. The number of terminal acetylenes is 1. The Hall–Kier alpha value is -2.33. The van der Waals surface area contributed by atoms with Crippen LogP contribution in [0.25, 0.3) is 5.69 Å². The highest BCUT2D eigenvalue weighted by Crippen LogP contribution is 2.28. The largest absolute Gasteiger partial charge is 0.479 e. The van der Waals surface area contributed by atoms with Crippen molar-refractivity contribution < 1.29 is 9.13 Å². The second kappa shape index (κ2) is 6.41. The first-order chi connectivity index (χ1) is 10.1. The minimum atomic E-state index is -0.710. The van der Waals surface area contributed by atoms with Crippen molar-refractivity contribution >= 4 is 11.6 Å². The maximum absolute atomic E-state index is 14.0. The molecule has 0 bridgehead atoms. The van der Waals surface area contributed by atoms with Gasteiger partial charge in [-0.3, -0.25) is 0 Å². The van der Waals surface area contributed by atoms with Crippen LogP contribution in [-0.2, 0) is 6.54 Å². The number of nitrogens with zero attached hydrogens (tertiary/aromatic N) is 4. The summed E-state index contributed by atoms with van der Waals surface area (Å²) in [6.45, 7) is 2.26. The summed E-state index contributed by atoms with van der Waals surface area (Å²) in [4.78, 5) is 12.0. The van der Waals surface area contributed by atoms with Crippen molar-refractivity contribution in [1.82, 2.24) is 19.8 Å². The quantitative estimate of drug-likeness (QED) is 0.788. The third-order valence-corrected chi connectivity index (χ3v) is 2.91. The Kier molecular flexibility index (Phi) is 4.60. The van der Waals surface area contributed by atoms with E-state index in [1.807, 2.05) is 6.92 Å². The third-order valence-electron chi connectivity index (χ3n) is 2.62. The lowest BCUT2D eigenvalue weighted by Gasteiger charge is -2.08. The van der Waals surface area contributed by atoms with Crippen molar-refractivity contribution in [2.75, 3.05) is 6.61 Å². The van der Waals surface area contributed by atoms with Crippen molar-refractivity contribution in [3.63, 3.8) is 0 Å². The first-order valence-corrected chi connectivity index (χ1v) is 6.54. The minimum absolute atomic E-state index is 0.0256. The smallest absolute Gasteiger partial charge is 0.368 e. The highest BCUT2D eigenvalue weighted by atomic mass is 35.5.